The second kappa shape index (κ2) is 11.6. The van der Waals surface area contributed by atoms with E-state index in [1.165, 1.54) is 0 Å². The Kier molecular flexibility index (Phi) is 8.79. The van der Waals surface area contributed by atoms with Gasteiger partial charge in [0.25, 0.3) is 0 Å². The van der Waals surface area contributed by atoms with Crippen molar-refractivity contribution in [2.24, 2.45) is 0 Å². The predicted molar refractivity (Wildman–Crippen MR) is 110 cm³/mol. The second-order valence-electron chi connectivity index (χ2n) is 6.48. The number of rotatable bonds is 9. The minimum atomic E-state index is -0.556. The first-order valence-corrected chi connectivity index (χ1v) is 9.58. The van der Waals surface area contributed by atoms with Crippen LogP contribution in [0.5, 0.6) is 0 Å². The van der Waals surface area contributed by atoms with Gasteiger partial charge in [0, 0.05) is 0 Å². The molecule has 0 bridgehead atoms. The molecule has 0 unspecified atom stereocenters. The summed E-state index contributed by atoms with van der Waals surface area (Å²) >= 11 is 0. The van der Waals surface area contributed by atoms with E-state index in [2.05, 4.69) is 12.2 Å². The van der Waals surface area contributed by atoms with Gasteiger partial charge in [-0.15, -0.1) is 0 Å². The average Bonchev–Trinajstić information content (AvgIpc) is 2.74. The first kappa shape index (κ1) is 21.2. The maximum atomic E-state index is 12.7. The summed E-state index contributed by atoms with van der Waals surface area (Å²) in [5, 5.41) is 2.69. The SMILES string of the molecule is CCC/C=C/C(=O)N(CNC(=O)OCc1ccccc1)[C@@H](C)c1ccccc1. The number of nitrogens with zero attached hydrogens (tertiary/aromatic N) is 1. The first-order valence-electron chi connectivity index (χ1n) is 9.58. The standard InChI is InChI=1S/C23H28N2O3/c1-3-4-7-16-22(26)25(19(2)21-14-10-6-11-15-21)18-24-23(27)28-17-20-12-8-5-9-13-20/h5-16,19H,3-4,17-18H2,1-2H3,(H,24,27)/b16-7+/t19-/m0/s1. The number of ether oxygens (including phenoxy) is 1. The Bertz CT molecular complexity index is 760. The van der Waals surface area contributed by atoms with Crippen LogP contribution in [0.4, 0.5) is 4.79 Å². The van der Waals surface area contributed by atoms with E-state index >= 15 is 0 Å². The van der Waals surface area contributed by atoms with E-state index in [1.54, 1.807) is 11.0 Å². The largest absolute Gasteiger partial charge is 0.445 e. The van der Waals surface area contributed by atoms with Crippen molar-refractivity contribution in [1.82, 2.24) is 10.2 Å². The van der Waals surface area contributed by atoms with Gasteiger partial charge in [-0.05, 0) is 30.5 Å². The highest BCUT2D eigenvalue weighted by molar-refractivity contribution is 5.88. The summed E-state index contributed by atoms with van der Waals surface area (Å²) in [4.78, 5) is 26.4. The lowest BCUT2D eigenvalue weighted by molar-refractivity contribution is -0.128. The number of carbonyl (C=O) groups is 2. The molecule has 0 aromatic heterocycles. The normalized spacial score (nSPS) is 11.8. The Hall–Kier alpha value is -3.08. The van der Waals surface area contributed by atoms with Crippen LogP contribution in [0.1, 0.15) is 43.9 Å². The molecule has 0 radical (unpaired) electrons. The van der Waals surface area contributed by atoms with E-state index in [4.69, 9.17) is 4.74 Å². The lowest BCUT2D eigenvalue weighted by Gasteiger charge is -2.28. The van der Waals surface area contributed by atoms with Crippen LogP contribution < -0.4 is 5.32 Å². The summed E-state index contributed by atoms with van der Waals surface area (Å²) < 4.78 is 5.24. The molecule has 2 amide bonds. The molecule has 0 saturated carbocycles. The van der Waals surface area contributed by atoms with Crippen molar-refractivity contribution in [2.45, 2.75) is 39.3 Å². The van der Waals surface area contributed by atoms with Gasteiger partial charge in [-0.1, -0.05) is 80.1 Å². The molecule has 0 spiro atoms. The highest BCUT2D eigenvalue weighted by Crippen LogP contribution is 2.19. The highest BCUT2D eigenvalue weighted by atomic mass is 16.5. The Balaban J connectivity index is 1.98. The second-order valence-corrected chi connectivity index (χ2v) is 6.48. The van der Waals surface area contributed by atoms with Gasteiger partial charge in [-0.2, -0.15) is 0 Å². The summed E-state index contributed by atoms with van der Waals surface area (Å²) in [7, 11) is 0. The molecule has 0 aliphatic rings. The average molecular weight is 380 g/mol. The molecule has 0 aliphatic heterocycles. The van der Waals surface area contributed by atoms with Crippen LogP contribution in [0.2, 0.25) is 0 Å². The van der Waals surface area contributed by atoms with Crippen LogP contribution in [0.3, 0.4) is 0 Å². The van der Waals surface area contributed by atoms with Gasteiger partial charge >= 0.3 is 6.09 Å². The molecule has 1 N–H and O–H groups in total. The van der Waals surface area contributed by atoms with Crippen molar-refractivity contribution in [2.75, 3.05) is 6.67 Å². The molecule has 5 nitrogen and oxygen atoms in total. The third-order valence-corrected chi connectivity index (χ3v) is 4.35. The van der Waals surface area contributed by atoms with Crippen molar-refractivity contribution in [1.29, 1.82) is 0 Å². The summed E-state index contributed by atoms with van der Waals surface area (Å²) in [5.74, 6) is -0.145. The van der Waals surface area contributed by atoms with Crippen molar-refractivity contribution >= 4 is 12.0 Å². The van der Waals surface area contributed by atoms with Crippen molar-refractivity contribution in [3.8, 4) is 0 Å². The van der Waals surface area contributed by atoms with Crippen LogP contribution >= 0.6 is 0 Å². The maximum Gasteiger partial charge on any atom is 0.408 e. The molecule has 0 saturated heterocycles. The van der Waals surface area contributed by atoms with Crippen LogP contribution in [0.15, 0.2) is 72.8 Å². The zero-order chi connectivity index (χ0) is 20.2. The van der Waals surface area contributed by atoms with Gasteiger partial charge in [-0.3, -0.25) is 4.79 Å². The van der Waals surface area contributed by atoms with E-state index in [0.717, 1.165) is 24.0 Å². The van der Waals surface area contributed by atoms with Gasteiger partial charge in [0.1, 0.15) is 6.61 Å². The number of carbonyl (C=O) groups excluding carboxylic acids is 2. The number of nitrogens with one attached hydrogen (secondary N) is 1. The molecule has 2 aromatic carbocycles. The number of amides is 2. The number of benzene rings is 2. The number of alkyl carbamates (subject to hydrolysis) is 1. The van der Waals surface area contributed by atoms with E-state index in [1.807, 2.05) is 73.7 Å². The fourth-order valence-corrected chi connectivity index (χ4v) is 2.69. The molecule has 5 heteroatoms. The minimum Gasteiger partial charge on any atom is -0.445 e. The predicted octanol–water partition coefficient (Wildman–Crippen LogP) is 4.82. The number of unbranched alkanes of at least 4 members (excludes halogenated alkanes) is 1. The zero-order valence-electron chi connectivity index (χ0n) is 16.5. The maximum absolute atomic E-state index is 12.7. The molecule has 0 heterocycles. The van der Waals surface area contributed by atoms with Crippen LogP contribution in [-0.4, -0.2) is 23.6 Å². The van der Waals surface area contributed by atoms with Gasteiger partial charge in [-0.25, -0.2) is 4.79 Å². The fraction of sp³-hybridized carbons (Fsp3) is 0.304. The summed E-state index contributed by atoms with van der Waals surface area (Å²) in [6.45, 7) is 4.26. The van der Waals surface area contributed by atoms with E-state index in [0.29, 0.717) is 0 Å². The highest BCUT2D eigenvalue weighted by Gasteiger charge is 2.20. The van der Waals surface area contributed by atoms with Crippen molar-refractivity contribution in [3.05, 3.63) is 83.9 Å². The fourth-order valence-electron chi connectivity index (χ4n) is 2.69. The minimum absolute atomic E-state index is 0.0684. The van der Waals surface area contributed by atoms with E-state index < -0.39 is 6.09 Å². The molecule has 28 heavy (non-hydrogen) atoms. The summed E-state index contributed by atoms with van der Waals surface area (Å²) in [5.41, 5.74) is 1.91. The van der Waals surface area contributed by atoms with Crippen molar-refractivity contribution in [3.63, 3.8) is 0 Å². The van der Waals surface area contributed by atoms with Crippen LogP contribution in [0, 0.1) is 0 Å². The zero-order valence-corrected chi connectivity index (χ0v) is 16.5. The van der Waals surface area contributed by atoms with Crippen LogP contribution in [0.25, 0.3) is 0 Å². The van der Waals surface area contributed by atoms with Crippen molar-refractivity contribution < 1.29 is 14.3 Å². The topological polar surface area (TPSA) is 58.6 Å². The number of hydrogen-bond donors (Lipinski definition) is 1. The van der Waals surface area contributed by atoms with Gasteiger partial charge < -0.3 is 15.0 Å². The molecule has 148 valence electrons. The molecule has 0 aliphatic carbocycles. The Labute approximate surface area is 167 Å². The van der Waals surface area contributed by atoms with Gasteiger partial charge in [0.15, 0.2) is 0 Å². The summed E-state index contributed by atoms with van der Waals surface area (Å²) in [6, 6.07) is 19.0. The first-order chi connectivity index (χ1) is 13.6. The Morgan fingerprint density at radius 2 is 1.71 bits per heavy atom. The smallest absolute Gasteiger partial charge is 0.408 e. The molecule has 0 fully saturated rings. The van der Waals surface area contributed by atoms with Gasteiger partial charge in [0.05, 0.1) is 12.7 Å². The lowest BCUT2D eigenvalue weighted by atomic mass is 10.1. The molecule has 2 rings (SSSR count). The molecular formula is C23H28N2O3. The molecule has 2 aromatic rings. The van der Waals surface area contributed by atoms with E-state index in [-0.39, 0.29) is 25.2 Å². The quantitative estimate of drug-likeness (QED) is 0.501. The van der Waals surface area contributed by atoms with E-state index in [9.17, 15) is 9.59 Å². The molecule has 1 atom stereocenters. The summed E-state index contributed by atoms with van der Waals surface area (Å²) in [6.07, 6.45) is 4.69. The monoisotopic (exact) mass is 380 g/mol. The number of hydrogen-bond acceptors (Lipinski definition) is 3. The molecular weight excluding hydrogens is 352 g/mol. The number of allylic oxidation sites excluding steroid dienone is 1. The van der Waals surface area contributed by atoms with Crippen LogP contribution in [-0.2, 0) is 16.1 Å². The third-order valence-electron chi connectivity index (χ3n) is 4.35. The lowest BCUT2D eigenvalue weighted by Crippen LogP contribution is -2.42. The van der Waals surface area contributed by atoms with Gasteiger partial charge in [0.2, 0.25) is 5.91 Å². The third kappa shape index (κ3) is 6.91. The Morgan fingerprint density at radius 3 is 2.36 bits per heavy atom. The Morgan fingerprint density at radius 1 is 1.07 bits per heavy atom.